The van der Waals surface area contributed by atoms with Crippen LogP contribution in [0.4, 0.5) is 0 Å². The van der Waals surface area contributed by atoms with Crippen LogP contribution in [0, 0.1) is 6.92 Å². The van der Waals surface area contributed by atoms with Crippen molar-refractivity contribution in [2.75, 3.05) is 6.54 Å². The van der Waals surface area contributed by atoms with Crippen LogP contribution in [0.5, 0.6) is 0 Å². The summed E-state index contributed by atoms with van der Waals surface area (Å²) in [7, 11) is 0. The molecular formula is C9H11N3O2S. The summed E-state index contributed by atoms with van der Waals surface area (Å²) in [5, 5.41) is 13.3. The monoisotopic (exact) mass is 225 g/mol. The number of nitrogens with zero attached hydrogens (tertiary/aromatic N) is 2. The largest absolute Gasteiger partial charge is 0.480 e. The molecule has 6 heteroatoms. The Morgan fingerprint density at radius 3 is 3.27 bits per heavy atom. The number of hydrogen-bond acceptors (Lipinski definition) is 4. The number of carboxylic acids is 1. The second-order valence-corrected chi connectivity index (χ2v) is 4.07. The number of rotatable bonds is 4. The van der Waals surface area contributed by atoms with Gasteiger partial charge in [-0.3, -0.25) is 9.20 Å². The SMILES string of the molecule is Cc1nc2sccn2c1CNCC(=O)O. The number of hydrogen-bond donors (Lipinski definition) is 2. The number of fused-ring (bicyclic) bond motifs is 1. The van der Waals surface area contributed by atoms with Crippen LogP contribution in [-0.4, -0.2) is 27.0 Å². The average molecular weight is 225 g/mol. The highest BCUT2D eigenvalue weighted by Crippen LogP contribution is 2.16. The molecule has 2 aromatic heterocycles. The van der Waals surface area contributed by atoms with Gasteiger partial charge in [-0.15, -0.1) is 11.3 Å². The molecule has 0 bridgehead atoms. The van der Waals surface area contributed by atoms with Gasteiger partial charge in [-0.2, -0.15) is 0 Å². The zero-order chi connectivity index (χ0) is 10.8. The van der Waals surface area contributed by atoms with E-state index < -0.39 is 5.97 Å². The number of nitrogens with one attached hydrogen (secondary N) is 1. The maximum atomic E-state index is 10.3. The van der Waals surface area contributed by atoms with Crippen molar-refractivity contribution in [2.45, 2.75) is 13.5 Å². The van der Waals surface area contributed by atoms with E-state index in [9.17, 15) is 4.79 Å². The van der Waals surface area contributed by atoms with Crippen LogP contribution in [0.3, 0.4) is 0 Å². The molecule has 0 saturated carbocycles. The van der Waals surface area contributed by atoms with Gasteiger partial charge in [-0.1, -0.05) is 0 Å². The molecule has 0 aliphatic carbocycles. The second-order valence-electron chi connectivity index (χ2n) is 3.20. The molecule has 0 atom stereocenters. The number of carbonyl (C=O) groups is 1. The molecule has 0 amide bonds. The second kappa shape index (κ2) is 4.00. The van der Waals surface area contributed by atoms with Gasteiger partial charge in [-0.05, 0) is 6.92 Å². The number of imidazole rings is 1. The molecule has 2 aromatic rings. The van der Waals surface area contributed by atoms with Gasteiger partial charge in [0.25, 0.3) is 0 Å². The van der Waals surface area contributed by atoms with Crippen molar-refractivity contribution >= 4 is 22.3 Å². The van der Waals surface area contributed by atoms with Crippen LogP contribution >= 0.6 is 11.3 Å². The van der Waals surface area contributed by atoms with E-state index in [0.29, 0.717) is 6.54 Å². The topological polar surface area (TPSA) is 66.6 Å². The van der Waals surface area contributed by atoms with E-state index in [-0.39, 0.29) is 6.54 Å². The summed E-state index contributed by atoms with van der Waals surface area (Å²) in [6.07, 6.45) is 1.94. The molecule has 5 nitrogen and oxygen atoms in total. The maximum Gasteiger partial charge on any atom is 0.317 e. The van der Waals surface area contributed by atoms with Gasteiger partial charge in [0.2, 0.25) is 0 Å². The highest BCUT2D eigenvalue weighted by Gasteiger charge is 2.09. The van der Waals surface area contributed by atoms with Gasteiger partial charge in [-0.25, -0.2) is 4.98 Å². The van der Waals surface area contributed by atoms with Gasteiger partial charge in [0.15, 0.2) is 4.96 Å². The zero-order valence-electron chi connectivity index (χ0n) is 8.23. The Bertz CT molecular complexity index is 488. The number of aromatic nitrogens is 2. The molecule has 0 saturated heterocycles. The molecule has 0 spiro atoms. The standard InChI is InChI=1S/C9H11N3O2S/c1-6-7(4-10-5-8(13)14)12-2-3-15-9(12)11-6/h2-3,10H,4-5H2,1H3,(H,13,14). The van der Waals surface area contributed by atoms with Gasteiger partial charge in [0.1, 0.15) is 0 Å². The predicted octanol–water partition coefficient (Wildman–Crippen LogP) is 0.878. The van der Waals surface area contributed by atoms with E-state index in [4.69, 9.17) is 5.11 Å². The fourth-order valence-corrected chi connectivity index (χ4v) is 2.22. The number of aliphatic carboxylic acids is 1. The molecule has 2 heterocycles. The molecule has 15 heavy (non-hydrogen) atoms. The molecule has 2 N–H and O–H groups in total. The molecule has 2 rings (SSSR count). The van der Waals surface area contributed by atoms with Crippen molar-refractivity contribution in [3.05, 3.63) is 23.0 Å². The first-order valence-corrected chi connectivity index (χ1v) is 5.40. The summed E-state index contributed by atoms with van der Waals surface area (Å²) in [6.45, 7) is 2.42. The Kier molecular flexibility index (Phi) is 2.70. The molecule has 0 aromatic carbocycles. The van der Waals surface area contributed by atoms with Crippen molar-refractivity contribution in [1.82, 2.24) is 14.7 Å². The van der Waals surface area contributed by atoms with Crippen LogP contribution in [0.25, 0.3) is 4.96 Å². The quantitative estimate of drug-likeness (QED) is 0.810. The Morgan fingerprint density at radius 1 is 1.73 bits per heavy atom. The first-order chi connectivity index (χ1) is 7.18. The van der Waals surface area contributed by atoms with Crippen LogP contribution < -0.4 is 5.32 Å². The van der Waals surface area contributed by atoms with Crippen molar-refractivity contribution in [3.63, 3.8) is 0 Å². The number of carboxylic acid groups (broad SMARTS) is 1. The Morgan fingerprint density at radius 2 is 2.53 bits per heavy atom. The third-order valence-corrected chi connectivity index (χ3v) is 2.89. The van der Waals surface area contributed by atoms with E-state index in [1.165, 1.54) is 0 Å². The maximum absolute atomic E-state index is 10.3. The van der Waals surface area contributed by atoms with Crippen LogP contribution in [0.2, 0.25) is 0 Å². The van der Waals surface area contributed by atoms with E-state index >= 15 is 0 Å². The first-order valence-electron chi connectivity index (χ1n) is 4.52. The predicted molar refractivity (Wildman–Crippen MR) is 57.1 cm³/mol. The number of thiazole rings is 1. The molecule has 80 valence electrons. The van der Waals surface area contributed by atoms with Crippen molar-refractivity contribution in [3.8, 4) is 0 Å². The molecule has 0 aliphatic rings. The van der Waals surface area contributed by atoms with E-state index in [1.54, 1.807) is 11.3 Å². The van der Waals surface area contributed by atoms with Crippen molar-refractivity contribution < 1.29 is 9.90 Å². The molecular weight excluding hydrogens is 214 g/mol. The lowest BCUT2D eigenvalue weighted by Crippen LogP contribution is -2.22. The minimum Gasteiger partial charge on any atom is -0.480 e. The lowest BCUT2D eigenvalue weighted by molar-refractivity contribution is -0.136. The molecule has 0 aliphatic heterocycles. The highest BCUT2D eigenvalue weighted by atomic mass is 32.1. The minimum absolute atomic E-state index is 0.0309. The Labute approximate surface area is 90.4 Å². The smallest absolute Gasteiger partial charge is 0.317 e. The average Bonchev–Trinajstić information content (AvgIpc) is 2.68. The van der Waals surface area contributed by atoms with E-state index in [2.05, 4.69) is 10.3 Å². The fraction of sp³-hybridized carbons (Fsp3) is 0.333. The zero-order valence-corrected chi connectivity index (χ0v) is 9.04. The molecule has 0 radical (unpaired) electrons. The summed E-state index contributed by atoms with van der Waals surface area (Å²) in [4.78, 5) is 15.7. The summed E-state index contributed by atoms with van der Waals surface area (Å²) >= 11 is 1.57. The summed E-state index contributed by atoms with van der Waals surface area (Å²) in [5.41, 5.74) is 1.97. The van der Waals surface area contributed by atoms with Gasteiger partial charge >= 0.3 is 5.97 Å². The lowest BCUT2D eigenvalue weighted by Gasteiger charge is -2.01. The minimum atomic E-state index is -0.848. The van der Waals surface area contributed by atoms with Gasteiger partial charge < -0.3 is 10.4 Å². The van der Waals surface area contributed by atoms with Crippen molar-refractivity contribution in [1.29, 1.82) is 0 Å². The van der Waals surface area contributed by atoms with Gasteiger partial charge in [0, 0.05) is 18.1 Å². The first kappa shape index (κ1) is 10.1. The van der Waals surface area contributed by atoms with Crippen LogP contribution in [0.1, 0.15) is 11.4 Å². The number of aryl methyl sites for hydroxylation is 1. The summed E-state index contributed by atoms with van der Waals surface area (Å²) in [5.74, 6) is -0.848. The normalized spacial score (nSPS) is 11.0. The highest BCUT2D eigenvalue weighted by molar-refractivity contribution is 7.15. The molecule has 0 unspecified atom stereocenters. The van der Waals surface area contributed by atoms with Gasteiger partial charge in [0.05, 0.1) is 17.9 Å². The van der Waals surface area contributed by atoms with Crippen LogP contribution in [-0.2, 0) is 11.3 Å². The van der Waals surface area contributed by atoms with Crippen molar-refractivity contribution in [2.24, 2.45) is 0 Å². The third-order valence-electron chi connectivity index (χ3n) is 2.13. The van der Waals surface area contributed by atoms with Crippen LogP contribution in [0.15, 0.2) is 11.6 Å². The summed E-state index contributed by atoms with van der Waals surface area (Å²) < 4.78 is 1.98. The molecule has 0 fully saturated rings. The Hall–Kier alpha value is -1.40. The van der Waals surface area contributed by atoms with E-state index in [0.717, 1.165) is 16.3 Å². The fourth-order valence-electron chi connectivity index (χ4n) is 1.44. The lowest BCUT2D eigenvalue weighted by atomic mass is 10.3. The Balaban J connectivity index is 2.15. The summed E-state index contributed by atoms with van der Waals surface area (Å²) in [6, 6.07) is 0. The van der Waals surface area contributed by atoms with E-state index in [1.807, 2.05) is 22.9 Å². The third kappa shape index (κ3) is 2.00.